The summed E-state index contributed by atoms with van der Waals surface area (Å²) < 4.78 is 4.62. The number of hydrogen-bond donors (Lipinski definition) is 1. The Kier molecular flexibility index (Phi) is 5.57. The molecule has 1 N–H and O–H groups in total. The van der Waals surface area contributed by atoms with E-state index in [0.717, 1.165) is 13.1 Å². The third kappa shape index (κ3) is 4.94. The summed E-state index contributed by atoms with van der Waals surface area (Å²) in [4.78, 5) is 11.0. The summed E-state index contributed by atoms with van der Waals surface area (Å²) in [6.45, 7) is 3.70. The maximum atomic E-state index is 11.0. The highest BCUT2D eigenvalue weighted by molar-refractivity contribution is 5.69. The SMILES string of the molecule is COC(=O)CC(C)CNCc1ccccc1. The first-order valence-corrected chi connectivity index (χ1v) is 5.54. The number of methoxy groups -OCH3 is 1. The first-order valence-electron chi connectivity index (χ1n) is 5.54. The molecule has 0 aromatic heterocycles. The molecular formula is C13H19NO2. The number of benzene rings is 1. The molecule has 0 aliphatic carbocycles. The minimum absolute atomic E-state index is 0.144. The fraction of sp³-hybridized carbons (Fsp3) is 0.462. The van der Waals surface area contributed by atoms with Crippen LogP contribution in [-0.4, -0.2) is 19.6 Å². The van der Waals surface area contributed by atoms with Crippen molar-refractivity contribution in [2.75, 3.05) is 13.7 Å². The van der Waals surface area contributed by atoms with Crippen LogP contribution in [0.2, 0.25) is 0 Å². The molecule has 0 spiro atoms. The lowest BCUT2D eigenvalue weighted by Gasteiger charge is -2.11. The quantitative estimate of drug-likeness (QED) is 0.746. The second-order valence-corrected chi connectivity index (χ2v) is 4.00. The van der Waals surface area contributed by atoms with Crippen molar-refractivity contribution in [1.82, 2.24) is 5.32 Å². The van der Waals surface area contributed by atoms with Gasteiger partial charge in [0.25, 0.3) is 0 Å². The molecule has 3 heteroatoms. The fourth-order valence-corrected chi connectivity index (χ4v) is 1.50. The molecule has 0 amide bonds. The van der Waals surface area contributed by atoms with Gasteiger partial charge in [-0.25, -0.2) is 0 Å². The standard InChI is InChI=1S/C13H19NO2/c1-11(8-13(15)16-2)9-14-10-12-6-4-3-5-7-12/h3-7,11,14H,8-10H2,1-2H3. The summed E-state index contributed by atoms with van der Waals surface area (Å²) in [5, 5.41) is 3.32. The van der Waals surface area contributed by atoms with Gasteiger partial charge < -0.3 is 10.1 Å². The molecule has 0 heterocycles. The number of hydrogen-bond acceptors (Lipinski definition) is 3. The molecule has 0 saturated carbocycles. The van der Waals surface area contributed by atoms with E-state index < -0.39 is 0 Å². The van der Waals surface area contributed by atoms with Crippen LogP contribution < -0.4 is 5.32 Å². The number of rotatable bonds is 6. The minimum atomic E-state index is -0.144. The van der Waals surface area contributed by atoms with Crippen molar-refractivity contribution in [1.29, 1.82) is 0 Å². The summed E-state index contributed by atoms with van der Waals surface area (Å²) in [6, 6.07) is 10.2. The number of carbonyl (C=O) groups is 1. The maximum absolute atomic E-state index is 11.0. The first-order chi connectivity index (χ1) is 7.72. The van der Waals surface area contributed by atoms with Gasteiger partial charge in [0.2, 0.25) is 0 Å². The van der Waals surface area contributed by atoms with Crippen molar-refractivity contribution in [2.45, 2.75) is 19.9 Å². The lowest BCUT2D eigenvalue weighted by Crippen LogP contribution is -2.22. The molecule has 1 aromatic rings. The molecule has 0 saturated heterocycles. The van der Waals surface area contributed by atoms with Crippen LogP contribution >= 0.6 is 0 Å². The van der Waals surface area contributed by atoms with E-state index in [9.17, 15) is 4.79 Å². The average Bonchev–Trinajstić information content (AvgIpc) is 2.30. The first kappa shape index (κ1) is 12.7. The molecule has 0 radical (unpaired) electrons. The normalized spacial score (nSPS) is 12.1. The lowest BCUT2D eigenvalue weighted by molar-refractivity contribution is -0.141. The molecule has 1 rings (SSSR count). The Labute approximate surface area is 96.8 Å². The fourth-order valence-electron chi connectivity index (χ4n) is 1.50. The van der Waals surface area contributed by atoms with Crippen molar-refractivity contribution in [3.8, 4) is 0 Å². The van der Waals surface area contributed by atoms with E-state index in [2.05, 4.69) is 22.2 Å². The molecule has 0 bridgehead atoms. The van der Waals surface area contributed by atoms with Crippen LogP contribution in [0.3, 0.4) is 0 Å². The lowest BCUT2D eigenvalue weighted by atomic mass is 10.1. The van der Waals surface area contributed by atoms with Gasteiger partial charge in [0.05, 0.1) is 7.11 Å². The predicted octanol–water partition coefficient (Wildman–Crippen LogP) is 1.98. The Hall–Kier alpha value is -1.35. The van der Waals surface area contributed by atoms with Crippen molar-refractivity contribution in [2.24, 2.45) is 5.92 Å². The van der Waals surface area contributed by atoms with Crippen LogP contribution in [0.25, 0.3) is 0 Å². The summed E-state index contributed by atoms with van der Waals surface area (Å²) in [5.41, 5.74) is 1.26. The van der Waals surface area contributed by atoms with Crippen molar-refractivity contribution in [3.63, 3.8) is 0 Å². The molecule has 16 heavy (non-hydrogen) atoms. The smallest absolute Gasteiger partial charge is 0.305 e. The zero-order chi connectivity index (χ0) is 11.8. The molecular weight excluding hydrogens is 202 g/mol. The maximum Gasteiger partial charge on any atom is 0.305 e. The van der Waals surface area contributed by atoms with Gasteiger partial charge in [-0.1, -0.05) is 37.3 Å². The minimum Gasteiger partial charge on any atom is -0.469 e. The van der Waals surface area contributed by atoms with E-state index in [1.165, 1.54) is 12.7 Å². The summed E-state index contributed by atoms with van der Waals surface area (Å²) in [5.74, 6) is 0.158. The summed E-state index contributed by atoms with van der Waals surface area (Å²) in [7, 11) is 1.42. The van der Waals surface area contributed by atoms with E-state index in [1.807, 2.05) is 25.1 Å². The third-order valence-electron chi connectivity index (χ3n) is 2.41. The third-order valence-corrected chi connectivity index (χ3v) is 2.41. The highest BCUT2D eigenvalue weighted by atomic mass is 16.5. The van der Waals surface area contributed by atoms with E-state index >= 15 is 0 Å². The number of esters is 1. The second-order valence-electron chi connectivity index (χ2n) is 4.00. The zero-order valence-electron chi connectivity index (χ0n) is 9.90. The Morgan fingerprint density at radius 3 is 2.69 bits per heavy atom. The largest absolute Gasteiger partial charge is 0.469 e. The second kappa shape index (κ2) is 7.01. The average molecular weight is 221 g/mol. The van der Waals surface area contributed by atoms with Gasteiger partial charge in [-0.05, 0) is 18.0 Å². The van der Waals surface area contributed by atoms with E-state index in [4.69, 9.17) is 0 Å². The number of ether oxygens (including phenoxy) is 1. The molecule has 1 unspecified atom stereocenters. The van der Waals surface area contributed by atoms with Crippen LogP contribution in [0.15, 0.2) is 30.3 Å². The molecule has 3 nitrogen and oxygen atoms in total. The molecule has 0 aliphatic rings. The summed E-state index contributed by atoms with van der Waals surface area (Å²) >= 11 is 0. The molecule has 88 valence electrons. The van der Waals surface area contributed by atoms with Gasteiger partial charge in [-0.15, -0.1) is 0 Å². The van der Waals surface area contributed by atoms with Gasteiger partial charge in [0, 0.05) is 13.0 Å². The van der Waals surface area contributed by atoms with Crippen molar-refractivity contribution >= 4 is 5.97 Å². The Morgan fingerprint density at radius 2 is 2.06 bits per heavy atom. The monoisotopic (exact) mass is 221 g/mol. The predicted molar refractivity (Wildman–Crippen MR) is 63.9 cm³/mol. The molecule has 1 aromatic carbocycles. The topological polar surface area (TPSA) is 38.3 Å². The highest BCUT2D eigenvalue weighted by Gasteiger charge is 2.08. The van der Waals surface area contributed by atoms with Gasteiger partial charge in [0.15, 0.2) is 0 Å². The molecule has 0 aliphatic heterocycles. The van der Waals surface area contributed by atoms with Crippen molar-refractivity contribution in [3.05, 3.63) is 35.9 Å². The highest BCUT2D eigenvalue weighted by Crippen LogP contribution is 2.02. The van der Waals surface area contributed by atoms with Crippen LogP contribution in [0.1, 0.15) is 18.9 Å². The van der Waals surface area contributed by atoms with E-state index in [1.54, 1.807) is 0 Å². The number of nitrogens with one attached hydrogen (secondary N) is 1. The van der Waals surface area contributed by atoms with Crippen LogP contribution in [0.4, 0.5) is 0 Å². The number of carbonyl (C=O) groups excluding carboxylic acids is 1. The van der Waals surface area contributed by atoms with E-state index in [-0.39, 0.29) is 5.97 Å². The Bertz CT molecular complexity index is 311. The van der Waals surface area contributed by atoms with Gasteiger partial charge in [-0.2, -0.15) is 0 Å². The van der Waals surface area contributed by atoms with Crippen LogP contribution in [0, 0.1) is 5.92 Å². The van der Waals surface area contributed by atoms with E-state index in [0.29, 0.717) is 12.3 Å². The van der Waals surface area contributed by atoms with Gasteiger partial charge >= 0.3 is 5.97 Å². The zero-order valence-corrected chi connectivity index (χ0v) is 9.90. The van der Waals surface area contributed by atoms with Crippen molar-refractivity contribution < 1.29 is 9.53 Å². The molecule has 0 fully saturated rings. The Balaban J connectivity index is 2.18. The van der Waals surface area contributed by atoms with Gasteiger partial charge in [0.1, 0.15) is 0 Å². The van der Waals surface area contributed by atoms with Crippen LogP contribution in [-0.2, 0) is 16.1 Å². The van der Waals surface area contributed by atoms with Gasteiger partial charge in [-0.3, -0.25) is 4.79 Å². The summed E-state index contributed by atoms with van der Waals surface area (Å²) in [6.07, 6.45) is 0.471. The molecule has 1 atom stereocenters. The Morgan fingerprint density at radius 1 is 1.38 bits per heavy atom. The van der Waals surface area contributed by atoms with Crippen LogP contribution in [0.5, 0.6) is 0 Å².